The quantitative estimate of drug-likeness (QED) is 0.238. The molecule has 2 heterocycles. The Morgan fingerprint density at radius 2 is 1.32 bits per heavy atom. The number of benzene rings is 5. The van der Waals surface area contributed by atoms with Gasteiger partial charge in [0.1, 0.15) is 0 Å². The van der Waals surface area contributed by atoms with Gasteiger partial charge in [-0.2, -0.15) is 0 Å². The normalized spacial score (nSPS) is 13.7. The largest absolute Gasteiger partial charge is 0.309 e. The average molecular weight is 487 g/mol. The fourth-order valence-corrected chi connectivity index (χ4v) is 6.57. The van der Waals surface area contributed by atoms with E-state index in [1.54, 1.807) is 0 Å². The van der Waals surface area contributed by atoms with Gasteiger partial charge in [0.25, 0.3) is 0 Å². The van der Waals surface area contributed by atoms with E-state index in [1.807, 2.05) is 12.3 Å². The summed E-state index contributed by atoms with van der Waals surface area (Å²) in [6.07, 6.45) is 1.89. The highest BCUT2D eigenvalue weighted by Gasteiger charge is 2.36. The van der Waals surface area contributed by atoms with E-state index in [9.17, 15) is 0 Å². The molecule has 0 fully saturated rings. The number of hydrogen-bond acceptors (Lipinski definition) is 1. The van der Waals surface area contributed by atoms with Crippen molar-refractivity contribution in [3.05, 3.63) is 133 Å². The molecule has 0 aliphatic heterocycles. The first-order chi connectivity index (χ1) is 18.6. The Kier molecular flexibility index (Phi) is 4.31. The molecular weight excluding hydrogens is 460 g/mol. The molecule has 7 aromatic rings. The molecular formula is C36H26N2. The molecule has 0 radical (unpaired) electrons. The molecule has 2 aromatic heterocycles. The van der Waals surface area contributed by atoms with Gasteiger partial charge in [0, 0.05) is 27.8 Å². The smallest absolute Gasteiger partial charge is 0.0729 e. The Balaban J connectivity index is 1.52. The zero-order valence-electron chi connectivity index (χ0n) is 21.4. The Bertz CT molecular complexity index is 2040. The van der Waals surface area contributed by atoms with Gasteiger partial charge in [-0.15, -0.1) is 0 Å². The molecule has 0 spiro atoms. The van der Waals surface area contributed by atoms with Gasteiger partial charge in [0.2, 0.25) is 0 Å². The molecule has 0 saturated carbocycles. The maximum atomic E-state index is 4.79. The summed E-state index contributed by atoms with van der Waals surface area (Å²) in [6.45, 7) is 4.70. The van der Waals surface area contributed by atoms with Gasteiger partial charge in [-0.1, -0.05) is 86.6 Å². The minimum atomic E-state index is -0.0346. The van der Waals surface area contributed by atoms with E-state index in [4.69, 9.17) is 4.98 Å². The fourth-order valence-electron chi connectivity index (χ4n) is 6.57. The summed E-state index contributed by atoms with van der Waals surface area (Å²) in [6, 6.07) is 41.9. The molecule has 8 rings (SSSR count). The van der Waals surface area contributed by atoms with Gasteiger partial charge >= 0.3 is 0 Å². The fraction of sp³-hybridized carbons (Fsp3) is 0.0833. The summed E-state index contributed by atoms with van der Waals surface area (Å²) in [5.41, 5.74) is 12.4. The summed E-state index contributed by atoms with van der Waals surface area (Å²) >= 11 is 0. The molecule has 0 atom stereocenters. The Labute approximate surface area is 221 Å². The lowest BCUT2D eigenvalue weighted by molar-refractivity contribution is 0.661. The molecule has 0 N–H and O–H groups in total. The number of nitrogens with zero attached hydrogens (tertiary/aromatic N) is 2. The second-order valence-electron chi connectivity index (χ2n) is 10.9. The molecule has 1 aliphatic rings. The first kappa shape index (κ1) is 21.4. The molecule has 1 aliphatic carbocycles. The van der Waals surface area contributed by atoms with Crippen molar-refractivity contribution >= 4 is 32.7 Å². The molecule has 5 aromatic carbocycles. The first-order valence-electron chi connectivity index (χ1n) is 13.2. The number of fused-ring (bicyclic) bond motifs is 7. The van der Waals surface area contributed by atoms with Crippen molar-refractivity contribution in [3.63, 3.8) is 0 Å². The lowest BCUT2D eigenvalue weighted by atomic mass is 9.82. The van der Waals surface area contributed by atoms with Crippen LogP contribution in [0, 0.1) is 0 Å². The molecule has 0 amide bonds. The van der Waals surface area contributed by atoms with Crippen LogP contribution in [0.4, 0.5) is 0 Å². The summed E-state index contributed by atoms with van der Waals surface area (Å²) < 4.78 is 2.45. The molecule has 0 bridgehead atoms. The summed E-state index contributed by atoms with van der Waals surface area (Å²) in [4.78, 5) is 4.79. The summed E-state index contributed by atoms with van der Waals surface area (Å²) in [7, 11) is 0. The van der Waals surface area contributed by atoms with Gasteiger partial charge in [-0.3, -0.25) is 4.98 Å². The van der Waals surface area contributed by atoms with Crippen molar-refractivity contribution < 1.29 is 0 Å². The zero-order valence-corrected chi connectivity index (χ0v) is 21.4. The minimum Gasteiger partial charge on any atom is -0.309 e. The number of aromatic nitrogens is 2. The number of rotatable bonds is 2. The highest BCUT2D eigenvalue weighted by Crippen LogP contribution is 2.51. The Morgan fingerprint density at radius 1 is 0.553 bits per heavy atom. The first-order valence-corrected chi connectivity index (χ1v) is 13.2. The minimum absolute atomic E-state index is 0.0346. The Hall–Kier alpha value is -4.69. The SMILES string of the molecule is CC1(C)c2ccccc2-c2cc3c(cc21)c1ccccc1n3-c1cc(-c2ccccc2)cc2ncccc12. The van der Waals surface area contributed by atoms with Gasteiger partial charge in [0.05, 0.1) is 22.2 Å². The van der Waals surface area contributed by atoms with E-state index >= 15 is 0 Å². The lowest BCUT2D eigenvalue weighted by Gasteiger charge is -2.21. The van der Waals surface area contributed by atoms with Crippen LogP contribution in [0.1, 0.15) is 25.0 Å². The van der Waals surface area contributed by atoms with Gasteiger partial charge in [-0.05, 0) is 75.8 Å². The van der Waals surface area contributed by atoms with E-state index < -0.39 is 0 Å². The average Bonchev–Trinajstić information content (AvgIpc) is 3.40. The van der Waals surface area contributed by atoms with Crippen LogP contribution in [-0.4, -0.2) is 9.55 Å². The highest BCUT2D eigenvalue weighted by atomic mass is 15.0. The van der Waals surface area contributed by atoms with E-state index in [0.29, 0.717) is 0 Å². The van der Waals surface area contributed by atoms with Crippen LogP contribution in [0.15, 0.2) is 121 Å². The molecule has 0 unspecified atom stereocenters. The van der Waals surface area contributed by atoms with Gasteiger partial charge in [0.15, 0.2) is 0 Å². The van der Waals surface area contributed by atoms with Crippen molar-refractivity contribution in [2.75, 3.05) is 0 Å². The van der Waals surface area contributed by atoms with E-state index in [0.717, 1.165) is 16.6 Å². The predicted molar refractivity (Wildman–Crippen MR) is 159 cm³/mol. The second kappa shape index (κ2) is 7.66. The van der Waals surface area contributed by atoms with E-state index in [2.05, 4.69) is 128 Å². The maximum absolute atomic E-state index is 4.79. The molecule has 180 valence electrons. The van der Waals surface area contributed by atoms with Crippen LogP contribution in [0.5, 0.6) is 0 Å². The number of para-hydroxylation sites is 1. The third kappa shape index (κ3) is 2.86. The van der Waals surface area contributed by atoms with Crippen LogP contribution >= 0.6 is 0 Å². The summed E-state index contributed by atoms with van der Waals surface area (Å²) in [5, 5.41) is 3.72. The third-order valence-corrected chi connectivity index (χ3v) is 8.42. The van der Waals surface area contributed by atoms with Crippen molar-refractivity contribution in [2.45, 2.75) is 19.3 Å². The predicted octanol–water partition coefficient (Wildman–Crippen LogP) is 9.31. The van der Waals surface area contributed by atoms with Crippen molar-refractivity contribution in [1.82, 2.24) is 9.55 Å². The number of pyridine rings is 1. The topological polar surface area (TPSA) is 17.8 Å². The standard InChI is InChI=1S/C36H26N2/c1-36(2)30-16-8-6-13-25(30)28-22-35-29(21-31(28)36)26-14-7-9-17-33(26)38(35)34-20-24(23-11-4-3-5-12-23)19-32-27(34)15-10-18-37-32/h3-22H,1-2H3. The van der Waals surface area contributed by atoms with Crippen LogP contribution in [0.2, 0.25) is 0 Å². The zero-order chi connectivity index (χ0) is 25.4. The van der Waals surface area contributed by atoms with Crippen LogP contribution in [0.3, 0.4) is 0 Å². The maximum Gasteiger partial charge on any atom is 0.0729 e. The summed E-state index contributed by atoms with van der Waals surface area (Å²) in [5.74, 6) is 0. The lowest BCUT2D eigenvalue weighted by Crippen LogP contribution is -2.14. The van der Waals surface area contributed by atoms with Crippen molar-refractivity contribution in [3.8, 4) is 27.9 Å². The molecule has 2 nitrogen and oxygen atoms in total. The van der Waals surface area contributed by atoms with Crippen molar-refractivity contribution in [1.29, 1.82) is 0 Å². The third-order valence-electron chi connectivity index (χ3n) is 8.42. The van der Waals surface area contributed by atoms with Crippen LogP contribution < -0.4 is 0 Å². The van der Waals surface area contributed by atoms with Crippen molar-refractivity contribution in [2.24, 2.45) is 0 Å². The molecule has 2 heteroatoms. The number of hydrogen-bond donors (Lipinski definition) is 0. The van der Waals surface area contributed by atoms with Gasteiger partial charge < -0.3 is 4.57 Å². The molecule has 38 heavy (non-hydrogen) atoms. The van der Waals surface area contributed by atoms with Crippen LogP contribution in [-0.2, 0) is 5.41 Å². The highest BCUT2D eigenvalue weighted by molar-refractivity contribution is 6.12. The monoisotopic (exact) mass is 486 g/mol. The second-order valence-corrected chi connectivity index (χ2v) is 10.9. The molecule has 0 saturated heterocycles. The van der Waals surface area contributed by atoms with E-state index in [1.165, 1.54) is 55.2 Å². The van der Waals surface area contributed by atoms with E-state index in [-0.39, 0.29) is 5.41 Å². The Morgan fingerprint density at radius 3 is 2.21 bits per heavy atom. The van der Waals surface area contributed by atoms with Crippen LogP contribution in [0.25, 0.3) is 60.6 Å². The van der Waals surface area contributed by atoms with Gasteiger partial charge in [-0.25, -0.2) is 0 Å².